The van der Waals surface area contributed by atoms with Crippen LogP contribution in [-0.2, 0) is 14.3 Å². The summed E-state index contributed by atoms with van der Waals surface area (Å²) in [4.78, 5) is 23.8. The average molecular weight is 292 g/mol. The molecule has 2 rings (SSSR count). The Hall–Kier alpha value is -1.92. The number of nitrogens with one attached hydrogen (secondary N) is 1. The van der Waals surface area contributed by atoms with Gasteiger partial charge < -0.3 is 20.5 Å². The molecule has 0 unspecified atom stereocenters. The zero-order chi connectivity index (χ0) is 15.3. The van der Waals surface area contributed by atoms with E-state index >= 15 is 0 Å². The molecule has 1 aliphatic heterocycles. The van der Waals surface area contributed by atoms with Crippen molar-refractivity contribution in [3.8, 4) is 0 Å². The van der Waals surface area contributed by atoms with Crippen LogP contribution in [0.15, 0.2) is 24.3 Å². The lowest BCUT2D eigenvalue weighted by atomic mass is 9.79. The van der Waals surface area contributed by atoms with Crippen molar-refractivity contribution in [3.63, 3.8) is 0 Å². The number of hydrogen-bond donors (Lipinski definition) is 2. The first kappa shape index (κ1) is 15.5. The van der Waals surface area contributed by atoms with Crippen molar-refractivity contribution >= 4 is 17.6 Å². The van der Waals surface area contributed by atoms with Gasteiger partial charge in [-0.2, -0.15) is 0 Å². The molecule has 1 heterocycles. The summed E-state index contributed by atoms with van der Waals surface area (Å²) in [5.74, 6) is -0.505. The van der Waals surface area contributed by atoms with Crippen molar-refractivity contribution in [3.05, 3.63) is 29.8 Å². The molecular weight excluding hydrogens is 272 g/mol. The van der Waals surface area contributed by atoms with Gasteiger partial charge in [-0.25, -0.2) is 4.79 Å². The average Bonchev–Trinajstić information content (AvgIpc) is 2.55. The number of carbonyl (C=O) groups is 2. The molecule has 0 bridgehead atoms. The van der Waals surface area contributed by atoms with Gasteiger partial charge in [0.1, 0.15) is 0 Å². The Morgan fingerprint density at radius 1 is 1.29 bits per heavy atom. The van der Waals surface area contributed by atoms with Crippen LogP contribution in [-0.4, -0.2) is 38.7 Å². The van der Waals surface area contributed by atoms with Gasteiger partial charge >= 0.3 is 5.97 Å². The zero-order valence-corrected chi connectivity index (χ0v) is 12.1. The first-order valence-corrected chi connectivity index (χ1v) is 6.89. The van der Waals surface area contributed by atoms with Crippen LogP contribution in [0.5, 0.6) is 0 Å². The maximum atomic E-state index is 12.5. The molecule has 1 amide bonds. The summed E-state index contributed by atoms with van der Waals surface area (Å²) in [6.07, 6.45) is 1.24. The summed E-state index contributed by atoms with van der Waals surface area (Å²) in [6.45, 7) is 1.39. The maximum absolute atomic E-state index is 12.5. The lowest BCUT2D eigenvalue weighted by Gasteiger charge is -2.34. The van der Waals surface area contributed by atoms with Crippen LogP contribution in [0.4, 0.5) is 5.69 Å². The quantitative estimate of drug-likeness (QED) is 0.813. The Labute approximate surface area is 123 Å². The topological polar surface area (TPSA) is 90.7 Å². The Balaban J connectivity index is 2.06. The van der Waals surface area contributed by atoms with Crippen molar-refractivity contribution < 1.29 is 19.1 Å². The minimum absolute atomic E-state index is 0.0980. The molecule has 0 spiro atoms. The number of anilines is 1. The third-order valence-corrected chi connectivity index (χ3v) is 3.89. The van der Waals surface area contributed by atoms with E-state index < -0.39 is 11.4 Å². The highest BCUT2D eigenvalue weighted by atomic mass is 16.5. The fraction of sp³-hybridized carbons (Fsp3) is 0.467. The normalized spacial score (nSPS) is 17.0. The molecule has 114 valence electrons. The van der Waals surface area contributed by atoms with Gasteiger partial charge in [0.05, 0.1) is 18.1 Å². The van der Waals surface area contributed by atoms with Crippen molar-refractivity contribution in [2.45, 2.75) is 12.8 Å². The SMILES string of the molecule is COC(=O)c1ccc(NC(=O)C2(CN)CCOCC2)cc1. The zero-order valence-electron chi connectivity index (χ0n) is 12.1. The van der Waals surface area contributed by atoms with Crippen LogP contribution in [0.3, 0.4) is 0 Å². The van der Waals surface area contributed by atoms with Crippen LogP contribution in [0.1, 0.15) is 23.2 Å². The van der Waals surface area contributed by atoms with Gasteiger partial charge in [0.2, 0.25) is 5.91 Å². The molecule has 6 heteroatoms. The van der Waals surface area contributed by atoms with Crippen LogP contribution in [0.25, 0.3) is 0 Å². The second kappa shape index (κ2) is 6.69. The van der Waals surface area contributed by atoms with E-state index in [4.69, 9.17) is 10.5 Å². The van der Waals surface area contributed by atoms with Gasteiger partial charge in [-0.3, -0.25) is 4.79 Å². The number of nitrogens with two attached hydrogens (primary N) is 1. The number of carbonyl (C=O) groups excluding carboxylic acids is 2. The Morgan fingerprint density at radius 3 is 2.43 bits per heavy atom. The molecule has 1 aliphatic rings. The van der Waals surface area contributed by atoms with Crippen molar-refractivity contribution in [2.24, 2.45) is 11.1 Å². The van der Waals surface area contributed by atoms with E-state index in [1.54, 1.807) is 24.3 Å². The van der Waals surface area contributed by atoms with E-state index in [0.29, 0.717) is 43.9 Å². The number of ether oxygens (including phenoxy) is 2. The lowest BCUT2D eigenvalue weighted by Crippen LogP contribution is -2.46. The highest BCUT2D eigenvalue weighted by Gasteiger charge is 2.38. The van der Waals surface area contributed by atoms with E-state index in [9.17, 15) is 9.59 Å². The molecule has 1 aromatic carbocycles. The first-order chi connectivity index (χ1) is 10.1. The van der Waals surface area contributed by atoms with Gasteiger partial charge in [0.25, 0.3) is 0 Å². The molecule has 0 atom stereocenters. The van der Waals surface area contributed by atoms with Gasteiger partial charge in [-0.1, -0.05) is 0 Å². The van der Waals surface area contributed by atoms with Crippen LogP contribution in [0, 0.1) is 5.41 Å². The number of hydrogen-bond acceptors (Lipinski definition) is 5. The Kier molecular flexibility index (Phi) is 4.93. The summed E-state index contributed by atoms with van der Waals surface area (Å²) >= 11 is 0. The van der Waals surface area contributed by atoms with Crippen LogP contribution < -0.4 is 11.1 Å². The summed E-state index contributed by atoms with van der Waals surface area (Å²) in [5.41, 5.74) is 6.30. The van der Waals surface area contributed by atoms with Gasteiger partial charge in [0.15, 0.2) is 0 Å². The third kappa shape index (κ3) is 3.40. The van der Waals surface area contributed by atoms with Gasteiger partial charge in [0, 0.05) is 25.4 Å². The van der Waals surface area contributed by atoms with Crippen molar-refractivity contribution in [2.75, 3.05) is 32.2 Å². The van der Waals surface area contributed by atoms with E-state index in [2.05, 4.69) is 10.1 Å². The van der Waals surface area contributed by atoms with E-state index in [1.165, 1.54) is 7.11 Å². The Morgan fingerprint density at radius 2 is 1.90 bits per heavy atom. The molecule has 0 aliphatic carbocycles. The summed E-state index contributed by atoms with van der Waals surface area (Å²) in [5, 5.41) is 2.86. The smallest absolute Gasteiger partial charge is 0.337 e. The number of esters is 1. The predicted octanol–water partition coefficient (Wildman–Crippen LogP) is 1.17. The largest absolute Gasteiger partial charge is 0.465 e. The molecule has 0 saturated carbocycles. The first-order valence-electron chi connectivity index (χ1n) is 6.89. The number of benzene rings is 1. The highest BCUT2D eigenvalue weighted by Crippen LogP contribution is 2.30. The highest BCUT2D eigenvalue weighted by molar-refractivity contribution is 5.96. The van der Waals surface area contributed by atoms with E-state index in [0.717, 1.165) is 0 Å². The number of amides is 1. The van der Waals surface area contributed by atoms with Crippen LogP contribution in [0.2, 0.25) is 0 Å². The van der Waals surface area contributed by atoms with E-state index in [-0.39, 0.29) is 5.91 Å². The molecule has 0 radical (unpaired) electrons. The molecule has 6 nitrogen and oxygen atoms in total. The molecular formula is C15H20N2O4. The fourth-order valence-corrected chi connectivity index (χ4v) is 2.36. The fourth-order valence-electron chi connectivity index (χ4n) is 2.36. The maximum Gasteiger partial charge on any atom is 0.337 e. The van der Waals surface area contributed by atoms with Gasteiger partial charge in [-0.05, 0) is 37.1 Å². The number of rotatable bonds is 4. The summed E-state index contributed by atoms with van der Waals surface area (Å²) in [7, 11) is 1.33. The second-order valence-electron chi connectivity index (χ2n) is 5.12. The molecule has 3 N–H and O–H groups in total. The number of methoxy groups -OCH3 is 1. The predicted molar refractivity (Wildman–Crippen MR) is 78.0 cm³/mol. The standard InChI is InChI=1S/C15H20N2O4/c1-20-13(18)11-2-4-12(5-3-11)17-14(19)15(10-16)6-8-21-9-7-15/h2-5H,6-10,16H2,1H3,(H,17,19). The summed E-state index contributed by atoms with van der Waals surface area (Å²) in [6, 6.07) is 6.57. The Bertz CT molecular complexity index is 507. The molecule has 21 heavy (non-hydrogen) atoms. The monoisotopic (exact) mass is 292 g/mol. The second-order valence-corrected chi connectivity index (χ2v) is 5.12. The van der Waals surface area contributed by atoms with Crippen molar-refractivity contribution in [1.82, 2.24) is 0 Å². The molecule has 1 saturated heterocycles. The molecule has 1 aromatic rings. The third-order valence-electron chi connectivity index (χ3n) is 3.89. The lowest BCUT2D eigenvalue weighted by molar-refractivity contribution is -0.130. The van der Waals surface area contributed by atoms with Gasteiger partial charge in [-0.15, -0.1) is 0 Å². The molecule has 0 aromatic heterocycles. The van der Waals surface area contributed by atoms with Crippen molar-refractivity contribution in [1.29, 1.82) is 0 Å². The minimum Gasteiger partial charge on any atom is -0.465 e. The molecule has 1 fully saturated rings. The van der Waals surface area contributed by atoms with Crippen LogP contribution >= 0.6 is 0 Å². The summed E-state index contributed by atoms with van der Waals surface area (Å²) < 4.78 is 9.92. The van der Waals surface area contributed by atoms with E-state index in [1.807, 2.05) is 0 Å². The minimum atomic E-state index is -0.570.